The molecule has 6 nitrogen and oxygen atoms in total. The zero-order chi connectivity index (χ0) is 14.3. The van der Waals surface area contributed by atoms with Gasteiger partial charge < -0.3 is 10.6 Å². The van der Waals surface area contributed by atoms with Crippen LogP contribution in [0.3, 0.4) is 0 Å². The summed E-state index contributed by atoms with van der Waals surface area (Å²) in [6.45, 7) is 5.07. The van der Waals surface area contributed by atoms with Gasteiger partial charge in [-0.3, -0.25) is 4.79 Å². The third kappa shape index (κ3) is 6.33. The molecule has 0 aliphatic rings. The van der Waals surface area contributed by atoms with Gasteiger partial charge in [0.2, 0.25) is 15.9 Å². The fourth-order valence-electron chi connectivity index (χ4n) is 1.45. The van der Waals surface area contributed by atoms with Crippen molar-refractivity contribution in [3.8, 4) is 0 Å². The average molecular weight is 322 g/mol. The van der Waals surface area contributed by atoms with Gasteiger partial charge in [0.1, 0.15) is 0 Å². The van der Waals surface area contributed by atoms with E-state index in [-0.39, 0.29) is 23.2 Å². The minimum atomic E-state index is -3.49. The van der Waals surface area contributed by atoms with E-state index < -0.39 is 10.0 Å². The van der Waals surface area contributed by atoms with Crippen LogP contribution in [-0.4, -0.2) is 34.0 Å². The van der Waals surface area contributed by atoms with Gasteiger partial charge >= 0.3 is 0 Å². The maximum absolute atomic E-state index is 11.9. The molecule has 0 aliphatic heterocycles. The highest BCUT2D eigenvalue weighted by Gasteiger charge is 2.12. The topological polar surface area (TPSA) is 87.3 Å². The number of amides is 1. The zero-order valence-electron chi connectivity index (χ0n) is 11.5. The largest absolute Gasteiger partial charge is 0.326 e. The van der Waals surface area contributed by atoms with E-state index in [0.29, 0.717) is 18.8 Å². The van der Waals surface area contributed by atoms with Crippen LogP contribution in [0.2, 0.25) is 0 Å². The number of likely N-dealkylation sites (N-methyl/N-ethyl adjacent to an activating group) is 1. The Bertz CT molecular complexity index is 517. The van der Waals surface area contributed by atoms with Crippen molar-refractivity contribution in [3.05, 3.63) is 24.3 Å². The monoisotopic (exact) mass is 321 g/mol. The first-order valence-corrected chi connectivity index (χ1v) is 7.52. The van der Waals surface area contributed by atoms with Crippen LogP contribution in [0.1, 0.15) is 13.8 Å². The van der Waals surface area contributed by atoms with Gasteiger partial charge in [0.15, 0.2) is 0 Å². The molecule has 0 aromatic heterocycles. The Morgan fingerprint density at radius 3 is 2.25 bits per heavy atom. The van der Waals surface area contributed by atoms with Crippen molar-refractivity contribution < 1.29 is 13.2 Å². The van der Waals surface area contributed by atoms with E-state index in [2.05, 4.69) is 15.4 Å². The first-order chi connectivity index (χ1) is 8.95. The molecule has 8 heteroatoms. The Morgan fingerprint density at radius 2 is 1.75 bits per heavy atom. The minimum Gasteiger partial charge on any atom is -0.326 e. The summed E-state index contributed by atoms with van der Waals surface area (Å²) in [6, 6.07) is 6.03. The number of halogens is 1. The molecule has 1 aromatic rings. The molecule has 1 rings (SSSR count). The van der Waals surface area contributed by atoms with E-state index in [1.807, 2.05) is 6.92 Å². The van der Waals surface area contributed by atoms with E-state index in [9.17, 15) is 13.2 Å². The zero-order valence-corrected chi connectivity index (χ0v) is 13.1. The predicted molar refractivity (Wildman–Crippen MR) is 81.7 cm³/mol. The molecule has 0 heterocycles. The van der Waals surface area contributed by atoms with Gasteiger partial charge in [-0.25, -0.2) is 13.1 Å². The van der Waals surface area contributed by atoms with Gasteiger partial charge in [-0.2, -0.15) is 0 Å². The molecule has 0 spiro atoms. The highest BCUT2D eigenvalue weighted by molar-refractivity contribution is 7.89. The van der Waals surface area contributed by atoms with E-state index in [1.165, 1.54) is 19.1 Å². The van der Waals surface area contributed by atoms with Gasteiger partial charge in [-0.05, 0) is 30.8 Å². The molecule has 1 amide bonds. The molecule has 0 fully saturated rings. The van der Waals surface area contributed by atoms with Crippen molar-refractivity contribution >= 4 is 34.0 Å². The second-order valence-corrected chi connectivity index (χ2v) is 5.72. The first kappa shape index (κ1) is 18.9. The van der Waals surface area contributed by atoms with Crippen molar-refractivity contribution in [2.75, 3.05) is 25.0 Å². The highest BCUT2D eigenvalue weighted by atomic mass is 35.5. The van der Waals surface area contributed by atoms with E-state index >= 15 is 0 Å². The van der Waals surface area contributed by atoms with E-state index in [0.717, 1.165) is 6.54 Å². The van der Waals surface area contributed by atoms with Crippen molar-refractivity contribution in [1.82, 2.24) is 10.0 Å². The lowest BCUT2D eigenvalue weighted by molar-refractivity contribution is -0.114. The van der Waals surface area contributed by atoms with Gasteiger partial charge in [-0.15, -0.1) is 12.4 Å². The Hall–Kier alpha value is -1.15. The van der Waals surface area contributed by atoms with Crippen LogP contribution in [-0.2, 0) is 14.8 Å². The predicted octanol–water partition coefficient (Wildman–Crippen LogP) is 0.955. The second kappa shape index (κ2) is 8.91. The summed E-state index contributed by atoms with van der Waals surface area (Å²) in [4.78, 5) is 11.0. The molecule has 0 saturated carbocycles. The number of rotatable bonds is 7. The molecule has 1 aromatic carbocycles. The molecule has 3 N–H and O–H groups in total. The molecule has 0 bridgehead atoms. The summed E-state index contributed by atoms with van der Waals surface area (Å²) in [6.07, 6.45) is 0. The van der Waals surface area contributed by atoms with E-state index in [4.69, 9.17) is 0 Å². The van der Waals surface area contributed by atoms with Crippen LogP contribution in [0.15, 0.2) is 29.2 Å². The Labute approximate surface area is 125 Å². The van der Waals surface area contributed by atoms with Crippen molar-refractivity contribution in [1.29, 1.82) is 0 Å². The Kier molecular flexibility index (Phi) is 8.40. The molecule has 114 valence electrons. The maximum Gasteiger partial charge on any atom is 0.240 e. The van der Waals surface area contributed by atoms with E-state index in [1.54, 1.807) is 12.1 Å². The molecular formula is C12H20ClN3O3S. The average Bonchev–Trinajstić information content (AvgIpc) is 2.35. The lowest BCUT2D eigenvalue weighted by Gasteiger charge is -2.08. The Morgan fingerprint density at radius 1 is 1.15 bits per heavy atom. The normalized spacial score (nSPS) is 10.7. The van der Waals surface area contributed by atoms with Crippen LogP contribution >= 0.6 is 12.4 Å². The summed E-state index contributed by atoms with van der Waals surface area (Å²) < 4.78 is 26.3. The van der Waals surface area contributed by atoms with Crippen molar-refractivity contribution in [2.45, 2.75) is 18.7 Å². The lowest BCUT2D eigenvalue weighted by Crippen LogP contribution is -2.31. The molecule has 20 heavy (non-hydrogen) atoms. The molecule has 0 saturated heterocycles. The fraction of sp³-hybridized carbons (Fsp3) is 0.417. The highest BCUT2D eigenvalue weighted by Crippen LogP contribution is 2.13. The Balaban J connectivity index is 0.00000361. The van der Waals surface area contributed by atoms with Crippen LogP contribution in [0.5, 0.6) is 0 Å². The van der Waals surface area contributed by atoms with Crippen molar-refractivity contribution in [2.24, 2.45) is 0 Å². The fourth-order valence-corrected chi connectivity index (χ4v) is 2.49. The third-order valence-corrected chi connectivity index (χ3v) is 3.81. The van der Waals surface area contributed by atoms with Crippen molar-refractivity contribution in [3.63, 3.8) is 0 Å². The van der Waals surface area contributed by atoms with Crippen LogP contribution < -0.4 is 15.4 Å². The van der Waals surface area contributed by atoms with Gasteiger partial charge in [0.25, 0.3) is 0 Å². The van der Waals surface area contributed by atoms with Crippen LogP contribution in [0.25, 0.3) is 0 Å². The van der Waals surface area contributed by atoms with Crippen LogP contribution in [0, 0.1) is 0 Å². The number of hydrogen-bond acceptors (Lipinski definition) is 4. The quantitative estimate of drug-likeness (QED) is 0.653. The smallest absolute Gasteiger partial charge is 0.240 e. The summed E-state index contributed by atoms with van der Waals surface area (Å²) in [5.41, 5.74) is 0.569. The second-order valence-electron chi connectivity index (χ2n) is 3.96. The molecule has 0 atom stereocenters. The standard InChI is InChI=1S/C12H19N3O3S.ClH/c1-3-13-8-9-14-19(17,18)12-6-4-11(5-7-12)15-10(2)16;/h4-7,13-14H,3,8-9H2,1-2H3,(H,15,16);1H. The number of benzene rings is 1. The number of hydrogen-bond donors (Lipinski definition) is 3. The number of carbonyl (C=O) groups excluding carboxylic acids is 1. The molecule has 0 unspecified atom stereocenters. The van der Waals surface area contributed by atoms with Crippen LogP contribution in [0.4, 0.5) is 5.69 Å². The summed E-state index contributed by atoms with van der Waals surface area (Å²) in [5, 5.41) is 5.61. The number of sulfonamides is 1. The minimum absolute atomic E-state index is 0. The number of anilines is 1. The SMILES string of the molecule is CCNCCNS(=O)(=O)c1ccc(NC(C)=O)cc1.Cl. The van der Waals surface area contributed by atoms with Gasteiger partial charge in [0.05, 0.1) is 4.90 Å². The van der Waals surface area contributed by atoms with Gasteiger partial charge in [-0.1, -0.05) is 6.92 Å². The lowest BCUT2D eigenvalue weighted by atomic mass is 10.3. The summed E-state index contributed by atoms with van der Waals surface area (Å²) >= 11 is 0. The summed E-state index contributed by atoms with van der Waals surface area (Å²) in [7, 11) is -3.49. The first-order valence-electron chi connectivity index (χ1n) is 6.03. The molecule has 0 radical (unpaired) electrons. The molecular weight excluding hydrogens is 302 g/mol. The summed E-state index contributed by atoms with van der Waals surface area (Å²) in [5.74, 6) is -0.195. The third-order valence-electron chi connectivity index (χ3n) is 2.33. The maximum atomic E-state index is 11.9. The molecule has 0 aliphatic carbocycles. The number of nitrogens with one attached hydrogen (secondary N) is 3. The number of carbonyl (C=O) groups is 1. The van der Waals surface area contributed by atoms with Gasteiger partial charge in [0, 0.05) is 25.7 Å².